The molecule has 0 saturated carbocycles. The second-order valence-corrected chi connectivity index (χ2v) is 6.73. The third-order valence-electron chi connectivity index (χ3n) is 5.00. The average Bonchev–Trinajstić information content (AvgIpc) is 3.16. The van der Waals surface area contributed by atoms with E-state index in [4.69, 9.17) is 5.73 Å². The first-order valence-corrected chi connectivity index (χ1v) is 8.47. The van der Waals surface area contributed by atoms with Gasteiger partial charge in [-0.15, -0.1) is 0 Å². The lowest BCUT2D eigenvalue weighted by Crippen LogP contribution is -2.40. The minimum atomic E-state index is -0.530. The zero-order chi connectivity index (χ0) is 18.4. The van der Waals surface area contributed by atoms with E-state index in [0.29, 0.717) is 31.2 Å². The van der Waals surface area contributed by atoms with E-state index >= 15 is 0 Å². The van der Waals surface area contributed by atoms with E-state index in [2.05, 4.69) is 10.3 Å². The molecule has 0 aliphatic carbocycles. The molecule has 2 aliphatic heterocycles. The zero-order valence-corrected chi connectivity index (χ0v) is 14.4. The van der Waals surface area contributed by atoms with Gasteiger partial charge in [-0.2, -0.15) is 0 Å². The minimum absolute atomic E-state index is 0.102. The van der Waals surface area contributed by atoms with Crippen LogP contribution >= 0.6 is 0 Å². The summed E-state index contributed by atoms with van der Waals surface area (Å²) in [7, 11) is 0. The molecular formula is C18H19N5O3. The van der Waals surface area contributed by atoms with Crippen molar-refractivity contribution in [3.8, 4) is 0 Å². The Morgan fingerprint density at radius 2 is 2.15 bits per heavy atom. The molecule has 0 spiro atoms. The van der Waals surface area contributed by atoms with E-state index < -0.39 is 11.8 Å². The summed E-state index contributed by atoms with van der Waals surface area (Å²) in [6.07, 6.45) is 1.56. The van der Waals surface area contributed by atoms with E-state index in [-0.39, 0.29) is 18.2 Å². The molecule has 0 bridgehead atoms. The van der Waals surface area contributed by atoms with Gasteiger partial charge in [0.25, 0.3) is 5.91 Å². The lowest BCUT2D eigenvalue weighted by atomic mass is 9.95. The maximum atomic E-state index is 12.8. The van der Waals surface area contributed by atoms with Gasteiger partial charge < -0.3 is 20.5 Å². The van der Waals surface area contributed by atoms with Crippen LogP contribution < -0.4 is 11.1 Å². The smallest absolute Gasteiger partial charge is 0.266 e. The van der Waals surface area contributed by atoms with Crippen LogP contribution in [0.3, 0.4) is 0 Å². The topological polar surface area (TPSA) is 110 Å². The van der Waals surface area contributed by atoms with Crippen LogP contribution in [0.2, 0.25) is 0 Å². The van der Waals surface area contributed by atoms with Gasteiger partial charge >= 0.3 is 0 Å². The number of nitrogens with two attached hydrogens (primary N) is 1. The highest BCUT2D eigenvalue weighted by atomic mass is 16.2. The van der Waals surface area contributed by atoms with Crippen molar-refractivity contribution in [3.05, 3.63) is 47.0 Å². The lowest BCUT2D eigenvalue weighted by Gasteiger charge is -2.29. The normalized spacial score (nSPS) is 18.3. The number of fused-ring (bicyclic) bond motifs is 2. The van der Waals surface area contributed by atoms with Crippen molar-refractivity contribution >= 4 is 23.4 Å². The number of aromatic nitrogens is 2. The van der Waals surface area contributed by atoms with Gasteiger partial charge in [0.2, 0.25) is 11.8 Å². The van der Waals surface area contributed by atoms with Crippen molar-refractivity contribution in [2.75, 3.05) is 11.9 Å². The summed E-state index contributed by atoms with van der Waals surface area (Å²) in [4.78, 5) is 42.3. The predicted octanol–water partition coefficient (Wildman–Crippen LogP) is 0.759. The van der Waals surface area contributed by atoms with E-state index in [1.807, 2.05) is 25.1 Å². The molecule has 2 aliphatic rings. The summed E-state index contributed by atoms with van der Waals surface area (Å²) in [5.41, 5.74) is 8.39. The number of nitrogens with one attached hydrogen (secondary N) is 1. The summed E-state index contributed by atoms with van der Waals surface area (Å²) in [6, 6.07) is 5.76. The van der Waals surface area contributed by atoms with Gasteiger partial charge in [-0.3, -0.25) is 14.4 Å². The van der Waals surface area contributed by atoms with Crippen molar-refractivity contribution < 1.29 is 14.4 Å². The Bertz CT molecular complexity index is 933. The highest BCUT2D eigenvalue weighted by molar-refractivity contribution is 6.05. The average molecular weight is 353 g/mol. The van der Waals surface area contributed by atoms with Crippen molar-refractivity contribution in [2.45, 2.75) is 32.4 Å². The molecule has 0 saturated heterocycles. The molecule has 0 unspecified atom stereocenters. The molecule has 3 N–H and O–H groups in total. The van der Waals surface area contributed by atoms with Crippen molar-refractivity contribution in [2.24, 2.45) is 5.73 Å². The first kappa shape index (κ1) is 16.3. The number of hydrogen-bond acceptors (Lipinski definition) is 4. The lowest BCUT2D eigenvalue weighted by molar-refractivity contribution is -0.134. The highest BCUT2D eigenvalue weighted by Gasteiger charge is 2.34. The van der Waals surface area contributed by atoms with E-state index in [1.54, 1.807) is 9.47 Å². The molecule has 4 rings (SSSR count). The first-order chi connectivity index (χ1) is 12.4. The van der Waals surface area contributed by atoms with Crippen LogP contribution in [0.4, 0.5) is 5.69 Å². The summed E-state index contributed by atoms with van der Waals surface area (Å²) in [6.45, 7) is 3.19. The molecule has 134 valence electrons. The molecule has 0 radical (unpaired) electrons. The number of hydrogen-bond donors (Lipinski definition) is 2. The fourth-order valence-electron chi connectivity index (χ4n) is 3.62. The molecule has 3 amide bonds. The second-order valence-electron chi connectivity index (χ2n) is 6.73. The van der Waals surface area contributed by atoms with Gasteiger partial charge in [0.15, 0.2) is 0 Å². The van der Waals surface area contributed by atoms with Gasteiger partial charge in [-0.25, -0.2) is 4.98 Å². The summed E-state index contributed by atoms with van der Waals surface area (Å²) < 4.78 is 1.74. The molecule has 3 heterocycles. The summed E-state index contributed by atoms with van der Waals surface area (Å²) in [5.74, 6) is -0.619. The van der Waals surface area contributed by atoms with Crippen LogP contribution in [0.15, 0.2) is 24.4 Å². The van der Waals surface area contributed by atoms with Crippen LogP contribution in [0.5, 0.6) is 0 Å². The minimum Gasteiger partial charge on any atom is -0.364 e. The van der Waals surface area contributed by atoms with E-state index in [1.165, 1.54) is 6.20 Å². The third kappa shape index (κ3) is 2.63. The van der Waals surface area contributed by atoms with Gasteiger partial charge in [0.05, 0.1) is 18.7 Å². The van der Waals surface area contributed by atoms with Crippen LogP contribution in [-0.2, 0) is 22.7 Å². The molecule has 1 aromatic carbocycles. The van der Waals surface area contributed by atoms with Gasteiger partial charge in [0.1, 0.15) is 11.5 Å². The van der Waals surface area contributed by atoms with Crippen LogP contribution in [0.25, 0.3) is 0 Å². The number of carbonyl (C=O) groups excluding carboxylic acids is 3. The molecular weight excluding hydrogens is 334 g/mol. The number of amides is 3. The van der Waals surface area contributed by atoms with Gasteiger partial charge in [-0.05, 0) is 18.6 Å². The largest absolute Gasteiger partial charge is 0.364 e. The van der Waals surface area contributed by atoms with Crippen LogP contribution in [-0.4, -0.2) is 38.7 Å². The second kappa shape index (κ2) is 5.98. The molecule has 26 heavy (non-hydrogen) atoms. The Kier molecular flexibility index (Phi) is 3.75. The van der Waals surface area contributed by atoms with Gasteiger partial charge in [0, 0.05) is 25.2 Å². The molecule has 1 atom stereocenters. The number of anilines is 1. The Morgan fingerprint density at radius 1 is 1.35 bits per heavy atom. The molecule has 0 fully saturated rings. The Morgan fingerprint density at radius 3 is 2.92 bits per heavy atom. The maximum Gasteiger partial charge on any atom is 0.266 e. The molecule has 2 aromatic rings. The quantitative estimate of drug-likeness (QED) is 0.848. The zero-order valence-electron chi connectivity index (χ0n) is 14.4. The molecule has 1 aromatic heterocycles. The number of primary amides is 1. The predicted molar refractivity (Wildman–Crippen MR) is 93.3 cm³/mol. The van der Waals surface area contributed by atoms with Crippen LogP contribution in [0, 0.1) is 6.92 Å². The number of rotatable bonds is 3. The summed E-state index contributed by atoms with van der Waals surface area (Å²) >= 11 is 0. The fourth-order valence-corrected chi connectivity index (χ4v) is 3.62. The number of nitrogens with zero attached hydrogens (tertiary/aromatic N) is 3. The number of aryl methyl sites for hydroxylation is 1. The molecule has 8 nitrogen and oxygen atoms in total. The Hall–Kier alpha value is -3.16. The van der Waals surface area contributed by atoms with Crippen molar-refractivity contribution in [1.29, 1.82) is 0 Å². The monoisotopic (exact) mass is 353 g/mol. The fraction of sp³-hybridized carbons (Fsp3) is 0.333. The maximum absolute atomic E-state index is 12.8. The number of benzene rings is 1. The van der Waals surface area contributed by atoms with Crippen molar-refractivity contribution in [1.82, 2.24) is 14.5 Å². The molecule has 8 heteroatoms. The number of carbonyl (C=O) groups is 3. The first-order valence-electron chi connectivity index (χ1n) is 8.47. The highest BCUT2D eigenvalue weighted by Crippen LogP contribution is 2.35. The van der Waals surface area contributed by atoms with Crippen molar-refractivity contribution in [3.63, 3.8) is 0 Å². The van der Waals surface area contributed by atoms with Gasteiger partial charge in [-0.1, -0.05) is 17.7 Å². The summed E-state index contributed by atoms with van der Waals surface area (Å²) in [5, 5.41) is 2.84. The van der Waals surface area contributed by atoms with E-state index in [0.717, 1.165) is 16.8 Å². The Labute approximate surface area is 150 Å². The third-order valence-corrected chi connectivity index (χ3v) is 5.00. The number of imidazole rings is 1. The van der Waals surface area contributed by atoms with Crippen LogP contribution in [0.1, 0.15) is 39.8 Å². The van der Waals surface area contributed by atoms with E-state index in [9.17, 15) is 14.4 Å². The standard InChI is InChI=1S/C18H19N5O3/c1-10-2-3-13-11(6-10)12(18(26)21-13)7-16(24)22-4-5-23-14(17(19)25)8-20-15(23)9-22/h2-3,6,8,12H,4-5,7,9H2,1H3,(H2,19,25)(H,21,26)/t12-/m1/s1. The SMILES string of the molecule is Cc1ccc2c(c1)[C@@H](CC(=O)N1CCn3c(C(N)=O)cnc3C1)C(=O)N2. The Balaban J connectivity index is 1.50.